The molecule has 0 bridgehead atoms. The van der Waals surface area contributed by atoms with Crippen LogP contribution in [0.3, 0.4) is 0 Å². The van der Waals surface area contributed by atoms with E-state index in [0.717, 1.165) is 33.1 Å². The number of rotatable bonds is 5. The summed E-state index contributed by atoms with van der Waals surface area (Å²) in [7, 11) is 0. The standard InChI is InChI=1S/C18H15N3S3/c1-2-15-21-13(8-22-15)9-23-17-16-14(12-6-4-3-5-7-12)10-24-18(16)20-11-19-17/h3-8,10-11H,2,9H2,1H3. The van der Waals surface area contributed by atoms with Crippen molar-refractivity contribution in [3.05, 3.63) is 58.1 Å². The molecule has 1 aromatic carbocycles. The molecule has 3 heterocycles. The molecule has 3 nitrogen and oxygen atoms in total. The van der Waals surface area contributed by atoms with Crippen molar-refractivity contribution in [2.24, 2.45) is 0 Å². The van der Waals surface area contributed by atoms with E-state index in [4.69, 9.17) is 0 Å². The minimum Gasteiger partial charge on any atom is -0.245 e. The molecule has 0 aliphatic heterocycles. The van der Waals surface area contributed by atoms with Gasteiger partial charge in [0.1, 0.15) is 16.2 Å². The average molecular weight is 370 g/mol. The number of aryl methyl sites for hydroxylation is 1. The summed E-state index contributed by atoms with van der Waals surface area (Å²) in [4.78, 5) is 14.7. The molecule has 0 aliphatic carbocycles. The largest absolute Gasteiger partial charge is 0.245 e. The van der Waals surface area contributed by atoms with Gasteiger partial charge in [-0.25, -0.2) is 15.0 Å². The molecule has 0 radical (unpaired) electrons. The molecule has 0 saturated heterocycles. The van der Waals surface area contributed by atoms with Crippen LogP contribution in [0.2, 0.25) is 0 Å². The number of thiazole rings is 1. The van der Waals surface area contributed by atoms with Crippen LogP contribution in [0, 0.1) is 0 Å². The van der Waals surface area contributed by atoms with Crippen LogP contribution in [0.4, 0.5) is 0 Å². The first-order valence-corrected chi connectivity index (χ1v) is 10.4. The third-order valence-corrected chi connectivity index (χ3v) is 6.63. The fraction of sp³-hybridized carbons (Fsp3) is 0.167. The molecule has 120 valence electrons. The predicted octanol–water partition coefficient (Wildman–Crippen LogP) is 5.67. The summed E-state index contributed by atoms with van der Waals surface area (Å²) in [6, 6.07) is 10.4. The maximum absolute atomic E-state index is 4.65. The van der Waals surface area contributed by atoms with Gasteiger partial charge in [-0.15, -0.1) is 22.7 Å². The fourth-order valence-corrected chi connectivity index (χ4v) is 5.24. The summed E-state index contributed by atoms with van der Waals surface area (Å²) in [5.41, 5.74) is 3.55. The maximum Gasteiger partial charge on any atom is 0.128 e. The summed E-state index contributed by atoms with van der Waals surface area (Å²) in [6.45, 7) is 2.14. The number of hydrogen-bond donors (Lipinski definition) is 0. The highest BCUT2D eigenvalue weighted by atomic mass is 32.2. The summed E-state index contributed by atoms with van der Waals surface area (Å²) in [5, 5.41) is 7.71. The van der Waals surface area contributed by atoms with Crippen molar-refractivity contribution in [2.45, 2.75) is 24.1 Å². The van der Waals surface area contributed by atoms with Crippen molar-refractivity contribution in [1.29, 1.82) is 0 Å². The van der Waals surface area contributed by atoms with Gasteiger partial charge in [-0.1, -0.05) is 49.0 Å². The Morgan fingerprint density at radius 3 is 2.71 bits per heavy atom. The van der Waals surface area contributed by atoms with Gasteiger partial charge in [-0.3, -0.25) is 0 Å². The Bertz CT molecular complexity index is 960. The molecule has 0 amide bonds. The van der Waals surface area contributed by atoms with E-state index < -0.39 is 0 Å². The van der Waals surface area contributed by atoms with Gasteiger partial charge in [-0.2, -0.15) is 0 Å². The van der Waals surface area contributed by atoms with E-state index in [1.54, 1.807) is 40.8 Å². The first-order valence-electron chi connectivity index (χ1n) is 7.69. The molecular weight excluding hydrogens is 354 g/mol. The van der Waals surface area contributed by atoms with Crippen LogP contribution in [0.1, 0.15) is 17.6 Å². The highest BCUT2D eigenvalue weighted by Gasteiger charge is 2.14. The zero-order valence-corrected chi connectivity index (χ0v) is 15.5. The van der Waals surface area contributed by atoms with Gasteiger partial charge < -0.3 is 0 Å². The van der Waals surface area contributed by atoms with E-state index in [9.17, 15) is 0 Å². The molecule has 0 fully saturated rings. The molecule has 0 unspecified atom stereocenters. The van der Waals surface area contributed by atoms with E-state index in [-0.39, 0.29) is 0 Å². The fourth-order valence-electron chi connectivity index (χ4n) is 2.51. The average Bonchev–Trinajstić information content (AvgIpc) is 3.27. The third-order valence-electron chi connectivity index (χ3n) is 3.68. The number of aromatic nitrogens is 3. The molecule has 4 aromatic rings. The van der Waals surface area contributed by atoms with Crippen LogP contribution in [0.15, 0.2) is 52.4 Å². The van der Waals surface area contributed by atoms with E-state index in [1.165, 1.54) is 16.1 Å². The molecule has 0 spiro atoms. The first kappa shape index (κ1) is 15.7. The van der Waals surface area contributed by atoms with Crippen LogP contribution in [0.5, 0.6) is 0 Å². The van der Waals surface area contributed by atoms with Crippen LogP contribution >= 0.6 is 34.4 Å². The number of thiophene rings is 1. The first-order chi connectivity index (χ1) is 11.8. The van der Waals surface area contributed by atoms with E-state index in [1.807, 2.05) is 6.07 Å². The number of nitrogens with zero attached hydrogens (tertiary/aromatic N) is 3. The molecular formula is C18H15N3S3. The summed E-state index contributed by atoms with van der Waals surface area (Å²) in [5.74, 6) is 0.840. The van der Waals surface area contributed by atoms with Crippen molar-refractivity contribution in [3.8, 4) is 11.1 Å². The minimum absolute atomic E-state index is 0.840. The van der Waals surface area contributed by atoms with E-state index in [0.29, 0.717) is 0 Å². The minimum atomic E-state index is 0.840. The summed E-state index contributed by atoms with van der Waals surface area (Å²) >= 11 is 5.15. The van der Waals surface area contributed by atoms with Crippen molar-refractivity contribution in [2.75, 3.05) is 0 Å². The number of hydrogen-bond acceptors (Lipinski definition) is 6. The number of thioether (sulfide) groups is 1. The Hall–Kier alpha value is -1.76. The molecule has 4 rings (SSSR count). The Morgan fingerprint density at radius 2 is 1.92 bits per heavy atom. The second-order valence-corrected chi connectivity index (χ2v) is 8.01. The lowest BCUT2D eigenvalue weighted by Crippen LogP contribution is -1.88. The Labute approximate surface area is 152 Å². The second-order valence-electron chi connectivity index (χ2n) is 5.25. The normalized spacial score (nSPS) is 11.2. The van der Waals surface area contributed by atoms with E-state index in [2.05, 4.69) is 56.9 Å². The van der Waals surface area contributed by atoms with Crippen LogP contribution in [-0.2, 0) is 12.2 Å². The predicted molar refractivity (Wildman–Crippen MR) is 104 cm³/mol. The molecule has 0 aliphatic rings. The smallest absolute Gasteiger partial charge is 0.128 e. The maximum atomic E-state index is 4.65. The monoisotopic (exact) mass is 369 g/mol. The molecule has 0 atom stereocenters. The van der Waals surface area contributed by atoms with Crippen molar-refractivity contribution in [1.82, 2.24) is 15.0 Å². The molecule has 3 aromatic heterocycles. The Kier molecular flexibility index (Phi) is 4.60. The topological polar surface area (TPSA) is 38.7 Å². The lowest BCUT2D eigenvalue weighted by Gasteiger charge is -2.04. The zero-order valence-electron chi connectivity index (χ0n) is 13.1. The van der Waals surface area contributed by atoms with E-state index >= 15 is 0 Å². The van der Waals surface area contributed by atoms with Crippen LogP contribution in [0.25, 0.3) is 21.3 Å². The Balaban J connectivity index is 1.69. The van der Waals surface area contributed by atoms with Crippen molar-refractivity contribution >= 4 is 44.7 Å². The highest BCUT2D eigenvalue weighted by molar-refractivity contribution is 7.98. The zero-order chi connectivity index (χ0) is 16.4. The van der Waals surface area contributed by atoms with Gasteiger partial charge in [0.25, 0.3) is 0 Å². The van der Waals surface area contributed by atoms with Crippen molar-refractivity contribution < 1.29 is 0 Å². The quantitative estimate of drug-likeness (QED) is 0.336. The highest BCUT2D eigenvalue weighted by Crippen LogP contribution is 2.38. The molecule has 6 heteroatoms. The van der Waals surface area contributed by atoms with Gasteiger partial charge in [-0.05, 0) is 12.0 Å². The lowest BCUT2D eigenvalue weighted by molar-refractivity contribution is 1.06. The third kappa shape index (κ3) is 3.09. The number of benzene rings is 1. The van der Waals surface area contributed by atoms with Gasteiger partial charge >= 0.3 is 0 Å². The second kappa shape index (κ2) is 7.01. The molecule has 0 N–H and O–H groups in total. The summed E-state index contributed by atoms with van der Waals surface area (Å²) < 4.78 is 0. The SMILES string of the molecule is CCc1nc(CSc2ncnc3scc(-c4ccccc4)c23)cs1. The Morgan fingerprint density at radius 1 is 1.04 bits per heavy atom. The van der Waals surface area contributed by atoms with Gasteiger partial charge in [0, 0.05) is 22.1 Å². The van der Waals surface area contributed by atoms with Crippen LogP contribution < -0.4 is 0 Å². The van der Waals surface area contributed by atoms with Gasteiger partial charge in [0.15, 0.2) is 0 Å². The molecule has 0 saturated carbocycles. The number of fused-ring (bicyclic) bond motifs is 1. The molecule has 24 heavy (non-hydrogen) atoms. The van der Waals surface area contributed by atoms with Gasteiger partial charge in [0.05, 0.1) is 16.1 Å². The summed E-state index contributed by atoms with van der Waals surface area (Å²) in [6.07, 6.45) is 2.66. The van der Waals surface area contributed by atoms with Crippen LogP contribution in [-0.4, -0.2) is 15.0 Å². The van der Waals surface area contributed by atoms with Crippen molar-refractivity contribution in [3.63, 3.8) is 0 Å². The van der Waals surface area contributed by atoms with Gasteiger partial charge in [0.2, 0.25) is 0 Å². The lowest BCUT2D eigenvalue weighted by atomic mass is 10.1.